The van der Waals surface area contributed by atoms with E-state index < -0.39 is 17.4 Å². The van der Waals surface area contributed by atoms with Crippen molar-refractivity contribution in [3.8, 4) is 22.8 Å². The second-order valence-corrected chi connectivity index (χ2v) is 5.30. The van der Waals surface area contributed by atoms with E-state index in [9.17, 15) is 23.1 Å². The zero-order valence-corrected chi connectivity index (χ0v) is 12.6. The standard InChI is InChI=1S/C15H9ClF3N3O2/c16-8-5-6-12(23)11(7-8)22-14(24)20-13(21-22)9-3-1-2-4-10(9)15(17,18)19/h1-7,23H,(H,20,21,24). The Morgan fingerprint density at radius 2 is 1.88 bits per heavy atom. The first-order chi connectivity index (χ1) is 11.3. The quantitative estimate of drug-likeness (QED) is 0.737. The summed E-state index contributed by atoms with van der Waals surface area (Å²) in [6.45, 7) is 0. The molecule has 24 heavy (non-hydrogen) atoms. The van der Waals surface area contributed by atoms with E-state index in [1.165, 1.54) is 36.4 Å². The molecule has 1 heterocycles. The summed E-state index contributed by atoms with van der Waals surface area (Å²) in [5.41, 5.74) is -2.05. The van der Waals surface area contributed by atoms with E-state index >= 15 is 0 Å². The fourth-order valence-electron chi connectivity index (χ4n) is 2.21. The van der Waals surface area contributed by atoms with Gasteiger partial charge < -0.3 is 5.11 Å². The molecule has 0 spiro atoms. The zero-order valence-electron chi connectivity index (χ0n) is 11.8. The number of H-pyrrole nitrogens is 1. The molecule has 0 radical (unpaired) electrons. The van der Waals surface area contributed by atoms with Crippen LogP contribution in [0.2, 0.25) is 5.02 Å². The summed E-state index contributed by atoms with van der Waals surface area (Å²) in [5, 5.41) is 13.9. The number of rotatable bonds is 2. The van der Waals surface area contributed by atoms with Crippen LogP contribution >= 0.6 is 11.6 Å². The fourth-order valence-corrected chi connectivity index (χ4v) is 2.38. The van der Waals surface area contributed by atoms with Gasteiger partial charge in [-0.3, -0.25) is 4.98 Å². The molecule has 2 aromatic carbocycles. The third kappa shape index (κ3) is 2.88. The van der Waals surface area contributed by atoms with E-state index in [2.05, 4.69) is 10.1 Å². The summed E-state index contributed by atoms with van der Waals surface area (Å²) in [6, 6.07) is 8.66. The molecule has 9 heteroatoms. The van der Waals surface area contributed by atoms with Gasteiger partial charge in [0.1, 0.15) is 11.4 Å². The molecule has 0 atom stereocenters. The van der Waals surface area contributed by atoms with Crippen molar-refractivity contribution in [2.24, 2.45) is 0 Å². The van der Waals surface area contributed by atoms with Crippen molar-refractivity contribution in [1.82, 2.24) is 14.8 Å². The lowest BCUT2D eigenvalue weighted by Gasteiger charge is -2.10. The molecule has 124 valence electrons. The highest BCUT2D eigenvalue weighted by atomic mass is 35.5. The summed E-state index contributed by atoms with van der Waals surface area (Å²) in [7, 11) is 0. The van der Waals surface area contributed by atoms with Crippen LogP contribution < -0.4 is 5.69 Å². The number of aromatic nitrogens is 3. The second kappa shape index (κ2) is 5.72. The van der Waals surface area contributed by atoms with Gasteiger partial charge in [-0.2, -0.15) is 17.9 Å². The molecular formula is C15H9ClF3N3O2. The van der Waals surface area contributed by atoms with Crippen LogP contribution in [0.15, 0.2) is 47.3 Å². The van der Waals surface area contributed by atoms with Crippen LogP contribution in [0.25, 0.3) is 17.1 Å². The van der Waals surface area contributed by atoms with E-state index in [4.69, 9.17) is 11.6 Å². The minimum Gasteiger partial charge on any atom is -0.506 e. The number of alkyl halides is 3. The highest BCUT2D eigenvalue weighted by Crippen LogP contribution is 2.35. The SMILES string of the molecule is O=c1[nH]c(-c2ccccc2C(F)(F)F)nn1-c1cc(Cl)ccc1O. The van der Waals surface area contributed by atoms with Gasteiger partial charge in [0, 0.05) is 10.6 Å². The van der Waals surface area contributed by atoms with Gasteiger partial charge in [0.2, 0.25) is 0 Å². The predicted octanol–water partition coefficient (Wildman–Crippen LogP) is 3.61. The van der Waals surface area contributed by atoms with Gasteiger partial charge >= 0.3 is 11.9 Å². The Labute approximate surface area is 137 Å². The number of phenols is 1. The van der Waals surface area contributed by atoms with Crippen LogP contribution in [0.3, 0.4) is 0 Å². The number of nitrogens with one attached hydrogen (secondary N) is 1. The Morgan fingerprint density at radius 3 is 2.58 bits per heavy atom. The normalized spacial score (nSPS) is 11.7. The Bertz CT molecular complexity index is 963. The van der Waals surface area contributed by atoms with E-state index in [-0.39, 0.29) is 27.8 Å². The smallest absolute Gasteiger partial charge is 0.417 e. The highest BCUT2D eigenvalue weighted by Gasteiger charge is 2.34. The number of phenolic OH excluding ortho intramolecular Hbond substituents is 1. The first-order valence-electron chi connectivity index (χ1n) is 6.62. The Hall–Kier alpha value is -2.74. The van der Waals surface area contributed by atoms with Gasteiger partial charge in [-0.05, 0) is 24.3 Å². The maximum Gasteiger partial charge on any atom is 0.417 e. The third-order valence-electron chi connectivity index (χ3n) is 3.27. The van der Waals surface area contributed by atoms with Gasteiger partial charge in [0.05, 0.1) is 5.56 Å². The second-order valence-electron chi connectivity index (χ2n) is 4.87. The monoisotopic (exact) mass is 355 g/mol. The van der Waals surface area contributed by atoms with Crippen LogP contribution in [0, 0.1) is 0 Å². The summed E-state index contributed by atoms with van der Waals surface area (Å²) < 4.78 is 40.0. The molecule has 0 fully saturated rings. The molecule has 0 aliphatic rings. The lowest BCUT2D eigenvalue weighted by atomic mass is 10.1. The number of aromatic amines is 1. The fraction of sp³-hybridized carbons (Fsp3) is 0.0667. The molecule has 0 aliphatic carbocycles. The third-order valence-corrected chi connectivity index (χ3v) is 3.51. The van der Waals surface area contributed by atoms with Crippen LogP contribution in [0.5, 0.6) is 5.75 Å². The molecule has 0 unspecified atom stereocenters. The topological polar surface area (TPSA) is 70.9 Å². The minimum absolute atomic E-state index is 0.0421. The average molecular weight is 356 g/mol. The summed E-state index contributed by atoms with van der Waals surface area (Å²) in [5.74, 6) is -0.559. The lowest BCUT2D eigenvalue weighted by Crippen LogP contribution is -2.16. The number of halogens is 4. The van der Waals surface area contributed by atoms with Crippen molar-refractivity contribution in [1.29, 1.82) is 0 Å². The van der Waals surface area contributed by atoms with E-state index in [1.807, 2.05) is 0 Å². The Balaban J connectivity index is 2.18. The molecule has 3 aromatic rings. The number of aromatic hydroxyl groups is 1. The molecule has 5 nitrogen and oxygen atoms in total. The van der Waals surface area contributed by atoms with Crippen LogP contribution in [-0.2, 0) is 6.18 Å². The van der Waals surface area contributed by atoms with Crippen molar-refractivity contribution in [3.63, 3.8) is 0 Å². The number of benzene rings is 2. The van der Waals surface area contributed by atoms with Crippen LogP contribution in [-0.4, -0.2) is 19.9 Å². The molecule has 0 saturated heterocycles. The molecule has 3 rings (SSSR count). The highest BCUT2D eigenvalue weighted by molar-refractivity contribution is 6.30. The van der Waals surface area contributed by atoms with Gasteiger partial charge in [-0.15, -0.1) is 5.10 Å². The molecule has 0 amide bonds. The maximum absolute atomic E-state index is 13.1. The van der Waals surface area contributed by atoms with Crippen molar-refractivity contribution >= 4 is 11.6 Å². The molecule has 1 aromatic heterocycles. The van der Waals surface area contributed by atoms with E-state index in [0.717, 1.165) is 10.7 Å². The van der Waals surface area contributed by atoms with Gasteiger partial charge in [0.15, 0.2) is 5.82 Å². The van der Waals surface area contributed by atoms with E-state index in [1.54, 1.807) is 0 Å². The van der Waals surface area contributed by atoms with Crippen LogP contribution in [0.1, 0.15) is 5.56 Å². The molecule has 2 N–H and O–H groups in total. The van der Waals surface area contributed by atoms with Crippen LogP contribution in [0.4, 0.5) is 13.2 Å². The summed E-state index contributed by atoms with van der Waals surface area (Å²) in [4.78, 5) is 14.3. The Kier molecular flexibility index (Phi) is 3.84. The first-order valence-corrected chi connectivity index (χ1v) is 7.00. The van der Waals surface area contributed by atoms with Gasteiger partial charge in [0.25, 0.3) is 0 Å². The molecule has 0 bridgehead atoms. The number of hydrogen-bond acceptors (Lipinski definition) is 3. The maximum atomic E-state index is 13.1. The summed E-state index contributed by atoms with van der Waals surface area (Å²) in [6.07, 6.45) is -4.60. The number of nitrogens with zero attached hydrogens (tertiary/aromatic N) is 2. The predicted molar refractivity (Wildman–Crippen MR) is 81.3 cm³/mol. The minimum atomic E-state index is -4.60. The lowest BCUT2D eigenvalue weighted by molar-refractivity contribution is -0.137. The van der Waals surface area contributed by atoms with E-state index in [0.29, 0.717) is 0 Å². The van der Waals surface area contributed by atoms with Crippen molar-refractivity contribution in [3.05, 3.63) is 63.5 Å². The Morgan fingerprint density at radius 1 is 1.17 bits per heavy atom. The van der Waals surface area contributed by atoms with Crippen molar-refractivity contribution in [2.45, 2.75) is 6.18 Å². The van der Waals surface area contributed by atoms with Crippen molar-refractivity contribution < 1.29 is 18.3 Å². The number of hydrogen-bond donors (Lipinski definition) is 2. The molecule has 0 saturated carbocycles. The van der Waals surface area contributed by atoms with Gasteiger partial charge in [-0.1, -0.05) is 29.8 Å². The summed E-state index contributed by atoms with van der Waals surface area (Å²) >= 11 is 5.81. The van der Waals surface area contributed by atoms with Crippen molar-refractivity contribution in [2.75, 3.05) is 0 Å². The zero-order chi connectivity index (χ0) is 17.5. The molecular weight excluding hydrogens is 347 g/mol. The first kappa shape index (κ1) is 16.1. The largest absolute Gasteiger partial charge is 0.506 e. The molecule has 0 aliphatic heterocycles. The van der Waals surface area contributed by atoms with Gasteiger partial charge in [-0.25, -0.2) is 4.79 Å². The average Bonchev–Trinajstić information content (AvgIpc) is 2.90.